The molecule has 0 heterocycles. The van der Waals surface area contributed by atoms with Crippen molar-refractivity contribution in [2.45, 2.75) is 11.4 Å². The lowest BCUT2D eigenvalue weighted by Crippen LogP contribution is -2.31. The summed E-state index contributed by atoms with van der Waals surface area (Å²) >= 11 is 1.15. The van der Waals surface area contributed by atoms with Crippen LogP contribution in [0.25, 0.3) is 0 Å². The van der Waals surface area contributed by atoms with Gasteiger partial charge in [0.15, 0.2) is 6.61 Å². The minimum Gasteiger partial charge on any atom is -0.452 e. The van der Waals surface area contributed by atoms with Crippen molar-refractivity contribution in [3.63, 3.8) is 0 Å². The standard InChI is InChI=1S/C26H22FN3O4S/c1-30(15-19-7-4-8-20(27)12-19)25(32)16-34-26(33)22-10-2-3-11-23(22)35-17-24(31)29-21-9-5-6-18(13-21)14-28/h2-13H,15-17H2,1H3,(H,29,31). The average molecular weight is 492 g/mol. The Morgan fingerprint density at radius 2 is 1.83 bits per heavy atom. The van der Waals surface area contributed by atoms with Crippen LogP contribution in [0.5, 0.6) is 0 Å². The Labute approximate surface area is 206 Å². The molecule has 0 aliphatic carbocycles. The summed E-state index contributed by atoms with van der Waals surface area (Å²) in [5.41, 5.74) is 1.78. The fourth-order valence-corrected chi connectivity index (χ4v) is 3.92. The number of carbonyl (C=O) groups is 3. The Morgan fingerprint density at radius 3 is 2.60 bits per heavy atom. The molecule has 0 fully saturated rings. The number of benzene rings is 3. The van der Waals surface area contributed by atoms with Crippen LogP contribution in [0.2, 0.25) is 0 Å². The number of nitrogens with zero attached hydrogens (tertiary/aromatic N) is 2. The summed E-state index contributed by atoms with van der Waals surface area (Å²) in [4.78, 5) is 39.2. The van der Waals surface area contributed by atoms with E-state index < -0.39 is 24.3 Å². The maximum absolute atomic E-state index is 13.3. The first-order chi connectivity index (χ1) is 16.9. The van der Waals surface area contributed by atoms with Crippen molar-refractivity contribution in [2.24, 2.45) is 0 Å². The van der Waals surface area contributed by atoms with E-state index in [0.29, 0.717) is 21.7 Å². The molecule has 3 aromatic rings. The lowest BCUT2D eigenvalue weighted by atomic mass is 10.2. The van der Waals surface area contributed by atoms with Gasteiger partial charge in [-0.25, -0.2) is 9.18 Å². The normalized spacial score (nSPS) is 10.2. The molecule has 0 radical (unpaired) electrons. The molecule has 0 unspecified atom stereocenters. The van der Waals surface area contributed by atoms with Gasteiger partial charge in [0, 0.05) is 24.2 Å². The van der Waals surface area contributed by atoms with Gasteiger partial charge >= 0.3 is 5.97 Å². The number of hydrogen-bond donors (Lipinski definition) is 1. The van der Waals surface area contributed by atoms with Gasteiger partial charge in [-0.2, -0.15) is 5.26 Å². The number of nitriles is 1. The van der Waals surface area contributed by atoms with Crippen LogP contribution in [-0.2, 0) is 20.9 Å². The summed E-state index contributed by atoms with van der Waals surface area (Å²) in [5.74, 6) is -1.80. The average Bonchev–Trinajstić information content (AvgIpc) is 2.86. The Bertz CT molecular complexity index is 1280. The zero-order valence-electron chi connectivity index (χ0n) is 18.9. The lowest BCUT2D eigenvalue weighted by molar-refractivity contribution is -0.133. The highest BCUT2D eigenvalue weighted by Crippen LogP contribution is 2.24. The SMILES string of the molecule is CN(Cc1cccc(F)c1)C(=O)COC(=O)c1ccccc1SCC(=O)Nc1cccc(C#N)c1. The molecular formula is C26H22FN3O4S. The van der Waals surface area contributed by atoms with Crippen LogP contribution in [-0.4, -0.2) is 42.1 Å². The summed E-state index contributed by atoms with van der Waals surface area (Å²) in [7, 11) is 1.54. The summed E-state index contributed by atoms with van der Waals surface area (Å²) in [6, 6.07) is 21.1. The lowest BCUT2D eigenvalue weighted by Gasteiger charge is -2.17. The molecule has 35 heavy (non-hydrogen) atoms. The molecule has 0 spiro atoms. The van der Waals surface area contributed by atoms with Crippen molar-refractivity contribution in [3.05, 3.63) is 95.3 Å². The molecule has 0 atom stereocenters. The maximum atomic E-state index is 13.3. The molecule has 0 saturated heterocycles. The van der Waals surface area contributed by atoms with Gasteiger partial charge in [-0.1, -0.05) is 30.3 Å². The Morgan fingerprint density at radius 1 is 1.06 bits per heavy atom. The van der Waals surface area contributed by atoms with Gasteiger partial charge in [-0.05, 0) is 48.0 Å². The van der Waals surface area contributed by atoms with Gasteiger partial charge in [0.05, 0.1) is 22.9 Å². The van der Waals surface area contributed by atoms with Gasteiger partial charge in [0.1, 0.15) is 5.82 Å². The van der Waals surface area contributed by atoms with E-state index >= 15 is 0 Å². The van der Waals surface area contributed by atoms with Crippen LogP contribution in [0.1, 0.15) is 21.5 Å². The van der Waals surface area contributed by atoms with Gasteiger partial charge in [0.25, 0.3) is 5.91 Å². The molecule has 1 N–H and O–H groups in total. The van der Waals surface area contributed by atoms with Crippen molar-refractivity contribution in [1.82, 2.24) is 4.90 Å². The van der Waals surface area contributed by atoms with Gasteiger partial charge in [-0.15, -0.1) is 11.8 Å². The molecule has 7 nitrogen and oxygen atoms in total. The van der Waals surface area contributed by atoms with E-state index in [0.717, 1.165) is 11.8 Å². The first-order valence-electron chi connectivity index (χ1n) is 10.5. The summed E-state index contributed by atoms with van der Waals surface area (Å²) in [6.07, 6.45) is 0. The second-order valence-electron chi connectivity index (χ2n) is 7.48. The Hall–Kier alpha value is -4.16. The van der Waals surface area contributed by atoms with Crippen molar-refractivity contribution >= 4 is 35.2 Å². The van der Waals surface area contributed by atoms with E-state index in [9.17, 15) is 18.8 Å². The molecule has 2 amide bonds. The number of carbonyl (C=O) groups excluding carboxylic acids is 3. The number of thioether (sulfide) groups is 1. The van der Waals surface area contributed by atoms with Gasteiger partial charge in [-0.3, -0.25) is 9.59 Å². The second-order valence-corrected chi connectivity index (χ2v) is 8.50. The van der Waals surface area contributed by atoms with E-state index in [2.05, 4.69) is 5.32 Å². The highest BCUT2D eigenvalue weighted by Gasteiger charge is 2.17. The number of esters is 1. The van der Waals surface area contributed by atoms with Crippen LogP contribution >= 0.6 is 11.8 Å². The third-order valence-corrected chi connectivity index (χ3v) is 5.88. The molecule has 3 aromatic carbocycles. The van der Waals surface area contributed by atoms with Crippen molar-refractivity contribution in [1.29, 1.82) is 5.26 Å². The number of anilines is 1. The van der Waals surface area contributed by atoms with E-state index in [4.69, 9.17) is 10.00 Å². The summed E-state index contributed by atoms with van der Waals surface area (Å²) < 4.78 is 18.5. The predicted octanol–water partition coefficient (Wildman–Crippen LogP) is 4.24. The molecule has 178 valence electrons. The van der Waals surface area contributed by atoms with E-state index in [-0.39, 0.29) is 23.8 Å². The van der Waals surface area contributed by atoms with Gasteiger partial charge in [0.2, 0.25) is 5.91 Å². The number of halogens is 1. The van der Waals surface area contributed by atoms with Crippen molar-refractivity contribution < 1.29 is 23.5 Å². The van der Waals surface area contributed by atoms with E-state index in [1.807, 2.05) is 6.07 Å². The third kappa shape index (κ3) is 7.69. The Kier molecular flexibility index (Phi) is 8.98. The van der Waals surface area contributed by atoms with E-state index in [1.54, 1.807) is 60.7 Å². The van der Waals surface area contributed by atoms with Crippen LogP contribution in [0.15, 0.2) is 77.7 Å². The summed E-state index contributed by atoms with van der Waals surface area (Å²) in [5, 5.41) is 11.7. The van der Waals surface area contributed by atoms with Crippen molar-refractivity contribution in [2.75, 3.05) is 24.7 Å². The largest absolute Gasteiger partial charge is 0.452 e. The number of ether oxygens (including phenoxy) is 1. The molecule has 0 bridgehead atoms. The number of likely N-dealkylation sites (N-methyl/N-ethyl adjacent to an activating group) is 1. The molecule has 0 saturated carbocycles. The van der Waals surface area contributed by atoms with Crippen LogP contribution < -0.4 is 5.32 Å². The number of hydrogen-bond acceptors (Lipinski definition) is 6. The zero-order chi connectivity index (χ0) is 25.2. The van der Waals surface area contributed by atoms with E-state index in [1.165, 1.54) is 24.1 Å². The quantitative estimate of drug-likeness (QED) is 0.355. The number of nitrogens with one attached hydrogen (secondary N) is 1. The van der Waals surface area contributed by atoms with Crippen LogP contribution in [0, 0.1) is 17.1 Å². The first kappa shape index (κ1) is 25.5. The highest BCUT2D eigenvalue weighted by atomic mass is 32.2. The van der Waals surface area contributed by atoms with Gasteiger partial charge < -0.3 is 15.0 Å². The number of amides is 2. The molecule has 0 aliphatic heterocycles. The molecular weight excluding hydrogens is 469 g/mol. The number of rotatable bonds is 9. The molecule has 9 heteroatoms. The predicted molar refractivity (Wildman–Crippen MR) is 130 cm³/mol. The minimum atomic E-state index is -0.692. The molecule has 0 aromatic heterocycles. The molecule has 3 rings (SSSR count). The first-order valence-corrected chi connectivity index (χ1v) is 11.5. The third-order valence-electron chi connectivity index (χ3n) is 4.80. The fourth-order valence-electron chi connectivity index (χ4n) is 3.08. The zero-order valence-corrected chi connectivity index (χ0v) is 19.7. The maximum Gasteiger partial charge on any atom is 0.339 e. The monoisotopic (exact) mass is 491 g/mol. The topological polar surface area (TPSA) is 99.5 Å². The summed E-state index contributed by atoms with van der Waals surface area (Å²) in [6.45, 7) is -0.299. The smallest absolute Gasteiger partial charge is 0.339 e. The Balaban J connectivity index is 1.53. The van der Waals surface area contributed by atoms with Crippen molar-refractivity contribution in [3.8, 4) is 6.07 Å². The minimum absolute atomic E-state index is 0.0242. The highest BCUT2D eigenvalue weighted by molar-refractivity contribution is 8.00. The second kappa shape index (κ2) is 12.3. The fraction of sp³-hybridized carbons (Fsp3) is 0.154. The molecule has 0 aliphatic rings. The van der Waals surface area contributed by atoms with Crippen LogP contribution in [0.4, 0.5) is 10.1 Å². The van der Waals surface area contributed by atoms with Crippen LogP contribution in [0.3, 0.4) is 0 Å².